The van der Waals surface area contributed by atoms with Crippen molar-refractivity contribution < 1.29 is 23.7 Å². The lowest BCUT2D eigenvalue weighted by Gasteiger charge is -2.30. The normalized spacial score (nSPS) is 19.0. The fourth-order valence-corrected chi connectivity index (χ4v) is 8.70. The minimum absolute atomic E-state index is 0.179. The Kier molecular flexibility index (Phi) is 7.06. The van der Waals surface area contributed by atoms with Crippen LogP contribution in [0, 0.1) is 21.8 Å². The molecule has 7 rings (SSSR count). The highest BCUT2D eigenvalue weighted by molar-refractivity contribution is 8.00. The van der Waals surface area contributed by atoms with E-state index in [-0.39, 0.29) is 17.9 Å². The maximum absolute atomic E-state index is 13.9. The quantitative estimate of drug-likeness (QED) is 0.146. The summed E-state index contributed by atoms with van der Waals surface area (Å²) in [5.41, 5.74) is 1.11. The first-order chi connectivity index (χ1) is 21.7. The third-order valence-corrected chi connectivity index (χ3v) is 10.6. The van der Waals surface area contributed by atoms with Gasteiger partial charge in [0.1, 0.15) is 17.6 Å². The van der Waals surface area contributed by atoms with Gasteiger partial charge < -0.3 is 5.32 Å². The Bertz CT molecular complexity index is 2090. The predicted molar refractivity (Wildman–Crippen MR) is 168 cm³/mol. The molecule has 3 amide bonds. The Morgan fingerprint density at radius 3 is 2.36 bits per heavy atom. The summed E-state index contributed by atoms with van der Waals surface area (Å²) in [5, 5.41) is 15.2. The molecule has 0 saturated carbocycles. The number of imide groups is 1. The van der Waals surface area contributed by atoms with E-state index < -0.39 is 50.4 Å². The number of carbonyl (C=O) groups is 3. The zero-order valence-electron chi connectivity index (χ0n) is 23.1. The van der Waals surface area contributed by atoms with E-state index in [4.69, 9.17) is 0 Å². The Labute approximate surface area is 262 Å². The standard InChI is InChI=1S/C32H21FN4O6S2/c33-19-10-8-18(9-11-19)25-26-27(30(40)36(29(26)39)20-12-14-21(15-13-20)37(42)43)44-31-28(25)45-32(41)35(31)16-24(38)34-23-7-3-5-17-4-1-2-6-22(17)23/h1-15,25-27H,16H2,(H,34,38). The van der Waals surface area contributed by atoms with Gasteiger partial charge in [-0.15, -0.1) is 0 Å². The zero-order valence-corrected chi connectivity index (χ0v) is 24.7. The van der Waals surface area contributed by atoms with Crippen molar-refractivity contribution >= 4 is 68.7 Å². The van der Waals surface area contributed by atoms with Crippen LogP contribution in [0.4, 0.5) is 21.5 Å². The summed E-state index contributed by atoms with van der Waals surface area (Å²) in [6.45, 7) is -0.331. The number of hydrogen-bond acceptors (Lipinski definition) is 8. The van der Waals surface area contributed by atoms with Gasteiger partial charge in [0.15, 0.2) is 0 Å². The van der Waals surface area contributed by atoms with Crippen molar-refractivity contribution in [3.8, 4) is 0 Å². The number of anilines is 2. The maximum atomic E-state index is 13.9. The van der Waals surface area contributed by atoms with Crippen LogP contribution in [0.1, 0.15) is 16.4 Å². The fourth-order valence-electron chi connectivity index (χ4n) is 5.93. The number of benzene rings is 4. The summed E-state index contributed by atoms with van der Waals surface area (Å²) in [6, 6.07) is 23.7. The van der Waals surface area contributed by atoms with E-state index in [1.165, 1.54) is 53.1 Å². The maximum Gasteiger partial charge on any atom is 0.308 e. The smallest absolute Gasteiger partial charge is 0.308 e. The molecular formula is C32H21FN4O6S2. The molecule has 1 N–H and O–H groups in total. The SMILES string of the molecule is O=C(Cn1c2c(sc1=O)C(c1ccc(F)cc1)C1C(=O)N(c3ccc([N+](=O)[O-])cc3)C(=O)C1S2)Nc1cccc2ccccc12. The van der Waals surface area contributed by atoms with E-state index in [2.05, 4.69) is 5.32 Å². The van der Waals surface area contributed by atoms with Gasteiger partial charge in [-0.1, -0.05) is 71.6 Å². The van der Waals surface area contributed by atoms with E-state index in [0.717, 1.165) is 38.8 Å². The third kappa shape index (κ3) is 4.89. The lowest BCUT2D eigenvalue weighted by atomic mass is 9.83. The average molecular weight is 641 g/mol. The molecule has 45 heavy (non-hydrogen) atoms. The molecule has 10 nitrogen and oxygen atoms in total. The molecule has 3 heterocycles. The topological polar surface area (TPSA) is 132 Å². The summed E-state index contributed by atoms with van der Waals surface area (Å²) in [6.07, 6.45) is 0. The average Bonchev–Trinajstić information content (AvgIpc) is 3.48. The minimum Gasteiger partial charge on any atom is -0.324 e. The van der Waals surface area contributed by atoms with Gasteiger partial charge in [0.05, 0.1) is 21.6 Å². The summed E-state index contributed by atoms with van der Waals surface area (Å²) in [4.78, 5) is 66.1. The van der Waals surface area contributed by atoms with Crippen LogP contribution in [0.15, 0.2) is 101 Å². The molecule has 0 bridgehead atoms. The number of non-ortho nitro benzene ring substituents is 1. The molecule has 3 atom stereocenters. The van der Waals surface area contributed by atoms with Crippen LogP contribution in [0.3, 0.4) is 0 Å². The number of hydrogen-bond donors (Lipinski definition) is 1. The van der Waals surface area contributed by atoms with Gasteiger partial charge in [-0.3, -0.25) is 33.9 Å². The predicted octanol–water partition coefficient (Wildman–Crippen LogP) is 5.54. The third-order valence-electron chi connectivity index (χ3n) is 7.96. The summed E-state index contributed by atoms with van der Waals surface area (Å²) in [5.74, 6) is -3.73. The first-order valence-electron chi connectivity index (χ1n) is 13.8. The van der Waals surface area contributed by atoms with Crippen LogP contribution >= 0.6 is 23.1 Å². The van der Waals surface area contributed by atoms with Crippen LogP contribution in [-0.2, 0) is 20.9 Å². The molecule has 1 fully saturated rings. The molecule has 2 aliphatic heterocycles. The van der Waals surface area contributed by atoms with E-state index in [1.807, 2.05) is 36.4 Å². The van der Waals surface area contributed by atoms with Gasteiger partial charge >= 0.3 is 4.87 Å². The van der Waals surface area contributed by atoms with Crippen molar-refractivity contribution in [2.45, 2.75) is 22.7 Å². The van der Waals surface area contributed by atoms with E-state index >= 15 is 0 Å². The molecular weight excluding hydrogens is 620 g/mol. The van der Waals surface area contributed by atoms with Gasteiger partial charge in [0.25, 0.3) is 5.69 Å². The highest BCUT2D eigenvalue weighted by Crippen LogP contribution is 2.54. The molecule has 13 heteroatoms. The summed E-state index contributed by atoms with van der Waals surface area (Å²) < 4.78 is 15.2. The van der Waals surface area contributed by atoms with Gasteiger partial charge in [-0.25, -0.2) is 9.29 Å². The number of thioether (sulfide) groups is 1. The second-order valence-electron chi connectivity index (χ2n) is 10.6. The number of nitrogens with one attached hydrogen (secondary N) is 1. The molecule has 1 aromatic heterocycles. The Morgan fingerprint density at radius 2 is 1.62 bits per heavy atom. The van der Waals surface area contributed by atoms with Crippen LogP contribution in [0.5, 0.6) is 0 Å². The van der Waals surface area contributed by atoms with Crippen molar-refractivity contribution in [3.05, 3.63) is 127 Å². The molecule has 5 aromatic rings. The number of aromatic nitrogens is 1. The summed E-state index contributed by atoms with van der Waals surface area (Å²) >= 11 is 1.93. The first-order valence-corrected chi connectivity index (χ1v) is 15.5. The number of fused-ring (bicyclic) bond motifs is 3. The lowest BCUT2D eigenvalue weighted by Crippen LogP contribution is -2.33. The van der Waals surface area contributed by atoms with Crippen LogP contribution in [0.2, 0.25) is 0 Å². The molecule has 0 radical (unpaired) electrons. The Morgan fingerprint density at radius 1 is 0.911 bits per heavy atom. The highest BCUT2D eigenvalue weighted by Gasteiger charge is 2.56. The number of nitro benzene ring substituents is 1. The molecule has 3 unspecified atom stereocenters. The van der Waals surface area contributed by atoms with Gasteiger partial charge in [0, 0.05) is 34.0 Å². The fraction of sp³-hybridized carbons (Fsp3) is 0.125. The number of thiazole rings is 1. The van der Waals surface area contributed by atoms with Crippen molar-refractivity contribution in [1.29, 1.82) is 0 Å². The number of amides is 3. The summed E-state index contributed by atoms with van der Waals surface area (Å²) in [7, 11) is 0. The highest BCUT2D eigenvalue weighted by atomic mass is 32.2. The van der Waals surface area contributed by atoms with Crippen LogP contribution in [0.25, 0.3) is 10.8 Å². The second-order valence-corrected chi connectivity index (χ2v) is 12.7. The van der Waals surface area contributed by atoms with Gasteiger partial charge in [-0.05, 0) is 41.3 Å². The van der Waals surface area contributed by atoms with Gasteiger partial charge in [0.2, 0.25) is 17.7 Å². The molecule has 0 spiro atoms. The molecule has 4 aromatic carbocycles. The van der Waals surface area contributed by atoms with E-state index in [1.54, 1.807) is 6.07 Å². The largest absolute Gasteiger partial charge is 0.324 e. The molecule has 2 aliphatic rings. The van der Waals surface area contributed by atoms with E-state index in [0.29, 0.717) is 21.2 Å². The van der Waals surface area contributed by atoms with Crippen molar-refractivity contribution in [2.24, 2.45) is 5.92 Å². The number of nitrogens with zero attached hydrogens (tertiary/aromatic N) is 3. The van der Waals surface area contributed by atoms with Gasteiger partial charge in [-0.2, -0.15) is 0 Å². The van der Waals surface area contributed by atoms with Crippen LogP contribution < -0.4 is 15.1 Å². The minimum atomic E-state index is -0.961. The van der Waals surface area contributed by atoms with Crippen molar-refractivity contribution in [3.63, 3.8) is 0 Å². The van der Waals surface area contributed by atoms with E-state index in [9.17, 15) is 33.7 Å². The molecule has 224 valence electrons. The molecule has 1 saturated heterocycles. The Balaban J connectivity index is 1.27. The van der Waals surface area contributed by atoms with Crippen molar-refractivity contribution in [1.82, 2.24) is 4.57 Å². The zero-order chi connectivity index (χ0) is 31.4. The van der Waals surface area contributed by atoms with Crippen molar-refractivity contribution in [2.75, 3.05) is 10.2 Å². The number of rotatable bonds is 6. The number of carbonyl (C=O) groups excluding carboxylic acids is 3. The first kappa shape index (κ1) is 28.6. The molecule has 0 aliphatic carbocycles. The number of nitro groups is 1. The lowest BCUT2D eigenvalue weighted by molar-refractivity contribution is -0.384. The second kappa shape index (κ2) is 11.1. The Hall–Kier alpha value is -5.14. The van der Waals surface area contributed by atoms with Crippen LogP contribution in [-0.4, -0.2) is 32.5 Å². The monoisotopic (exact) mass is 640 g/mol. The number of halogens is 1.